The number of anilines is 3. The average molecular weight is 1020 g/mol. The number of nitrogens with two attached hydrogens (primary N) is 2. The number of carbonyl (C=O) groups is 8. The average Bonchev–Trinajstić information content (AvgIpc) is 3.62. The number of rotatable bonds is 30. The number of piperidine rings is 1. The van der Waals surface area contributed by atoms with E-state index in [9.17, 15) is 43.5 Å². The molecule has 0 saturated carbocycles. The van der Waals surface area contributed by atoms with Crippen LogP contribution in [0.4, 0.5) is 17.5 Å². The number of aliphatic carboxylic acids is 1. The van der Waals surface area contributed by atoms with Gasteiger partial charge in [0.25, 0.3) is 17.7 Å². The lowest BCUT2D eigenvalue weighted by molar-refractivity contribution is -0.140. The summed E-state index contributed by atoms with van der Waals surface area (Å²) in [4.78, 5) is 121. The van der Waals surface area contributed by atoms with Gasteiger partial charge in [-0.3, -0.25) is 53.9 Å². The van der Waals surface area contributed by atoms with E-state index in [-0.39, 0.29) is 84.3 Å². The van der Waals surface area contributed by atoms with Crippen LogP contribution in [0.1, 0.15) is 141 Å². The molecular weight excluding hydrogens is 953 g/mol. The smallest absolute Gasteiger partial charge is 0.320 e. The summed E-state index contributed by atoms with van der Waals surface area (Å²) in [6.07, 6.45) is 11.0. The molecule has 22 nitrogen and oxygen atoms in total. The van der Waals surface area contributed by atoms with E-state index in [1.807, 2.05) is 18.9 Å². The fourth-order valence-electron chi connectivity index (χ4n) is 8.98. The largest absolute Gasteiger partial charge is 0.483 e. The first-order valence-corrected chi connectivity index (χ1v) is 25.2. The Hall–Kier alpha value is -7.46. The summed E-state index contributed by atoms with van der Waals surface area (Å²) in [5, 5.41) is 21.4. The Morgan fingerprint density at radius 1 is 0.905 bits per heavy atom. The molecule has 0 aliphatic carbocycles. The van der Waals surface area contributed by atoms with E-state index >= 15 is 0 Å². The minimum absolute atomic E-state index is 0.00609. The minimum atomic E-state index is -1.24. The SMILES string of the molecule is CC(CNCCCCCCCCCCCNC(=O)COc1cccc2c1C(=O)N(C1CCC(=O)NC1=O)C2=O)C(=O)CCC(NC(C)(C)C(=O)c1ccc(N(C)Cc2cnc3nc(N)nc(N)c3n2)cc1)C(=O)O. The zero-order chi connectivity index (χ0) is 53.5. The molecule has 0 radical (unpaired) electrons. The molecule has 74 heavy (non-hydrogen) atoms. The molecule has 6 rings (SSSR count). The molecule has 9 N–H and O–H groups in total. The highest BCUT2D eigenvalue weighted by molar-refractivity contribution is 6.24. The lowest BCUT2D eigenvalue weighted by Gasteiger charge is -2.29. The standard InChI is InChI=1S/C52H68N12O10/c1-31(38(65)23-21-36(50(72)73)62-52(2,3)44(68)32-17-19-34(20-18-32)63(4)29-33-28-57-46-43(58-33)45(53)60-51(54)61-46)27-55-25-12-10-8-6-5-7-9-11-13-26-56-41(67)30-74-39-16-14-15-35-42(39)49(71)64(48(35)70)37-22-24-40(66)59-47(37)69/h14-20,28,31,36-37,55,62H,5-13,21-27,29-30H2,1-4H3,(H,56,67)(H,72,73)(H,59,66,69)(H4,53,54,57,60,61). The van der Waals surface area contributed by atoms with Gasteiger partial charge in [-0.25, -0.2) is 9.97 Å². The van der Waals surface area contributed by atoms with Crippen molar-refractivity contribution in [2.75, 3.05) is 49.7 Å². The predicted octanol–water partition coefficient (Wildman–Crippen LogP) is 3.91. The molecule has 0 spiro atoms. The first-order chi connectivity index (χ1) is 35.3. The van der Waals surface area contributed by atoms with E-state index in [1.54, 1.807) is 44.3 Å². The number of aromatic nitrogens is 4. The van der Waals surface area contributed by atoms with Crippen molar-refractivity contribution in [2.45, 2.75) is 128 Å². The van der Waals surface area contributed by atoms with Gasteiger partial charge in [-0.05, 0) is 82.5 Å². The summed E-state index contributed by atoms with van der Waals surface area (Å²) in [5.74, 6) is -4.43. The zero-order valence-corrected chi connectivity index (χ0v) is 42.5. The van der Waals surface area contributed by atoms with Crippen LogP contribution in [-0.4, -0.2) is 128 Å². The van der Waals surface area contributed by atoms with Gasteiger partial charge < -0.3 is 36.8 Å². The van der Waals surface area contributed by atoms with Gasteiger partial charge in [0.1, 0.15) is 23.6 Å². The number of Topliss-reactive ketones (excluding diaryl/α,β-unsaturated/α-hetero) is 2. The van der Waals surface area contributed by atoms with Crippen molar-refractivity contribution < 1.29 is 48.2 Å². The van der Waals surface area contributed by atoms with E-state index in [0.29, 0.717) is 42.1 Å². The van der Waals surface area contributed by atoms with Crippen LogP contribution in [0.25, 0.3) is 11.2 Å². The quantitative estimate of drug-likeness (QED) is 0.0221. The minimum Gasteiger partial charge on any atom is -0.483 e. The summed E-state index contributed by atoms with van der Waals surface area (Å²) in [5.41, 5.74) is 12.9. The Morgan fingerprint density at radius 3 is 2.26 bits per heavy atom. The summed E-state index contributed by atoms with van der Waals surface area (Å²) in [6.45, 7) is 6.87. The van der Waals surface area contributed by atoms with Crippen LogP contribution < -0.4 is 42.4 Å². The van der Waals surface area contributed by atoms with E-state index < -0.39 is 47.2 Å². The maximum Gasteiger partial charge on any atom is 0.320 e. The molecule has 2 aromatic heterocycles. The predicted molar refractivity (Wildman–Crippen MR) is 275 cm³/mol. The number of nitrogens with zero attached hydrogens (tertiary/aromatic N) is 6. The molecule has 4 aromatic rings. The number of hydrogen-bond acceptors (Lipinski definition) is 18. The van der Waals surface area contributed by atoms with Crippen molar-refractivity contribution in [3.8, 4) is 5.75 Å². The third-order valence-electron chi connectivity index (χ3n) is 13.2. The Bertz CT molecular complexity index is 2720. The number of nitrogens with one attached hydrogen (secondary N) is 4. The Labute approximate surface area is 429 Å². The molecule has 1 fully saturated rings. The number of fused-ring (bicyclic) bond motifs is 2. The second-order valence-corrected chi connectivity index (χ2v) is 19.4. The monoisotopic (exact) mass is 1020 g/mol. The second kappa shape index (κ2) is 26.0. The molecule has 2 aliphatic rings. The molecule has 2 aromatic carbocycles. The van der Waals surface area contributed by atoms with Gasteiger partial charge in [0.2, 0.25) is 17.8 Å². The molecule has 1 saturated heterocycles. The van der Waals surface area contributed by atoms with Crippen molar-refractivity contribution in [3.63, 3.8) is 0 Å². The Morgan fingerprint density at radius 2 is 1.58 bits per heavy atom. The molecule has 396 valence electrons. The second-order valence-electron chi connectivity index (χ2n) is 19.4. The van der Waals surface area contributed by atoms with Gasteiger partial charge in [0.15, 0.2) is 29.4 Å². The molecule has 4 heterocycles. The first kappa shape index (κ1) is 55.8. The highest BCUT2D eigenvalue weighted by Crippen LogP contribution is 2.34. The number of ether oxygens (including phenoxy) is 1. The summed E-state index contributed by atoms with van der Waals surface area (Å²) < 4.78 is 5.65. The maximum absolute atomic E-state index is 13.6. The van der Waals surface area contributed by atoms with Gasteiger partial charge in [-0.15, -0.1) is 0 Å². The number of unbranched alkanes of at least 4 members (excludes halogenated alkanes) is 8. The molecule has 2 aliphatic heterocycles. The van der Waals surface area contributed by atoms with Gasteiger partial charge in [-0.2, -0.15) is 9.97 Å². The number of imide groups is 2. The summed E-state index contributed by atoms with van der Waals surface area (Å²) in [7, 11) is 1.86. The van der Waals surface area contributed by atoms with E-state index in [1.165, 1.54) is 18.2 Å². The van der Waals surface area contributed by atoms with Crippen LogP contribution >= 0.6 is 0 Å². The molecule has 3 unspecified atom stereocenters. The summed E-state index contributed by atoms with van der Waals surface area (Å²) >= 11 is 0. The van der Waals surface area contributed by atoms with Gasteiger partial charge >= 0.3 is 5.97 Å². The third kappa shape index (κ3) is 14.8. The summed E-state index contributed by atoms with van der Waals surface area (Å²) in [6, 6.07) is 9.25. The van der Waals surface area contributed by atoms with E-state index in [4.69, 9.17) is 16.2 Å². The lowest BCUT2D eigenvalue weighted by Crippen LogP contribution is -2.54. The van der Waals surface area contributed by atoms with Crippen molar-refractivity contribution >= 4 is 75.7 Å². The van der Waals surface area contributed by atoms with Gasteiger partial charge in [-0.1, -0.05) is 57.9 Å². The zero-order valence-electron chi connectivity index (χ0n) is 42.5. The molecule has 5 amide bonds. The van der Waals surface area contributed by atoms with E-state index in [2.05, 4.69) is 41.2 Å². The highest BCUT2D eigenvalue weighted by Gasteiger charge is 2.46. The number of amides is 5. The van der Waals surface area contributed by atoms with Crippen molar-refractivity contribution in [1.29, 1.82) is 0 Å². The molecule has 3 atom stereocenters. The van der Waals surface area contributed by atoms with Gasteiger partial charge in [0.05, 0.1) is 35.1 Å². The number of carbonyl (C=O) groups excluding carboxylic acids is 7. The van der Waals surface area contributed by atoms with Crippen LogP contribution in [0.15, 0.2) is 48.7 Å². The van der Waals surface area contributed by atoms with Crippen LogP contribution in [0.2, 0.25) is 0 Å². The van der Waals surface area contributed by atoms with Crippen LogP contribution in [0.3, 0.4) is 0 Å². The fraction of sp³-hybridized carbons (Fsp3) is 0.500. The lowest BCUT2D eigenvalue weighted by atomic mass is 9.91. The number of hydrogen-bond donors (Lipinski definition) is 7. The van der Waals surface area contributed by atoms with Crippen molar-refractivity contribution in [1.82, 2.24) is 46.1 Å². The van der Waals surface area contributed by atoms with Crippen LogP contribution in [0, 0.1) is 5.92 Å². The number of benzene rings is 2. The number of nitrogen functional groups attached to an aromatic ring is 2. The fourth-order valence-corrected chi connectivity index (χ4v) is 8.98. The number of ketones is 2. The van der Waals surface area contributed by atoms with Gasteiger partial charge in [0, 0.05) is 50.1 Å². The van der Waals surface area contributed by atoms with Crippen LogP contribution in [0.5, 0.6) is 5.75 Å². The van der Waals surface area contributed by atoms with Crippen molar-refractivity contribution in [3.05, 3.63) is 71.0 Å². The maximum atomic E-state index is 13.6. The van der Waals surface area contributed by atoms with E-state index in [0.717, 1.165) is 74.9 Å². The third-order valence-corrected chi connectivity index (χ3v) is 13.2. The number of carboxylic acid groups (broad SMARTS) is 1. The Balaban J connectivity index is 0.777. The Kier molecular flexibility index (Phi) is 19.6. The normalized spacial score (nSPS) is 15.4. The molecule has 22 heteroatoms. The van der Waals surface area contributed by atoms with Crippen molar-refractivity contribution in [2.24, 2.45) is 5.92 Å². The topological polar surface area (TPSA) is 324 Å². The molecular formula is C52H68N12O10. The van der Waals surface area contributed by atoms with Crippen LogP contribution in [-0.2, 0) is 30.5 Å². The molecule has 0 bridgehead atoms. The number of carboxylic acids is 1. The highest BCUT2D eigenvalue weighted by atomic mass is 16.5. The first-order valence-electron chi connectivity index (χ1n) is 25.2.